The van der Waals surface area contributed by atoms with Gasteiger partial charge in [-0.2, -0.15) is 0 Å². The van der Waals surface area contributed by atoms with Crippen molar-refractivity contribution in [2.45, 2.75) is 51.4 Å². The summed E-state index contributed by atoms with van der Waals surface area (Å²) in [6.45, 7) is 0.348. The Morgan fingerprint density at radius 2 is 1.62 bits per heavy atom. The van der Waals surface area contributed by atoms with Gasteiger partial charge in [0.15, 0.2) is 0 Å². The van der Waals surface area contributed by atoms with Gasteiger partial charge in [-0.25, -0.2) is 0 Å². The summed E-state index contributed by atoms with van der Waals surface area (Å²) in [5.74, 6) is 0. The zero-order chi connectivity index (χ0) is 11.5. The Hall–Kier alpha value is -0.890. The van der Waals surface area contributed by atoms with Gasteiger partial charge in [-0.1, -0.05) is 38.2 Å². The van der Waals surface area contributed by atoms with Crippen LogP contribution in [0, 0.1) is 0 Å². The molecule has 0 unspecified atom stereocenters. The summed E-state index contributed by atoms with van der Waals surface area (Å²) in [7, 11) is 0. The molecule has 0 saturated heterocycles. The summed E-state index contributed by atoms with van der Waals surface area (Å²) < 4.78 is 0. The maximum Gasteiger partial charge on any atom is 0.0431 e. The first-order valence-electron chi connectivity index (χ1n) is 6.43. The fraction of sp³-hybridized carbons (Fsp3) is 0.643. The molecule has 0 bridgehead atoms. The highest BCUT2D eigenvalue weighted by atomic mass is 16.2. The number of pyridine rings is 1. The molecule has 0 spiro atoms. The van der Waals surface area contributed by atoms with Crippen LogP contribution < -0.4 is 0 Å². The molecule has 1 N–H and O–H groups in total. The number of aliphatic hydroxyl groups excluding tert-OH is 1. The molecule has 1 aromatic heterocycles. The van der Waals surface area contributed by atoms with E-state index in [1.807, 2.05) is 18.5 Å². The Bertz CT molecular complexity index is 248. The Morgan fingerprint density at radius 3 is 2.25 bits per heavy atom. The molecular formula is C14H23NO. The van der Waals surface area contributed by atoms with Gasteiger partial charge in [0.25, 0.3) is 0 Å². The van der Waals surface area contributed by atoms with E-state index in [4.69, 9.17) is 5.11 Å². The maximum atomic E-state index is 8.63. The molecule has 16 heavy (non-hydrogen) atoms. The second-order valence-electron chi connectivity index (χ2n) is 4.31. The molecule has 0 atom stereocenters. The van der Waals surface area contributed by atoms with Crippen molar-refractivity contribution in [1.29, 1.82) is 0 Å². The highest BCUT2D eigenvalue weighted by Crippen LogP contribution is 2.09. The van der Waals surface area contributed by atoms with Gasteiger partial charge in [-0.15, -0.1) is 0 Å². The fourth-order valence-corrected chi connectivity index (χ4v) is 1.87. The van der Waals surface area contributed by atoms with Gasteiger partial charge >= 0.3 is 0 Å². The quantitative estimate of drug-likeness (QED) is 0.649. The average molecular weight is 221 g/mol. The fourth-order valence-electron chi connectivity index (χ4n) is 1.87. The van der Waals surface area contributed by atoms with E-state index in [1.165, 1.54) is 44.1 Å². The summed E-state index contributed by atoms with van der Waals surface area (Å²) in [6.07, 6.45) is 13.6. The zero-order valence-corrected chi connectivity index (χ0v) is 10.1. The number of unbranched alkanes of at least 4 members (excludes halogenated alkanes) is 6. The second kappa shape index (κ2) is 9.34. The van der Waals surface area contributed by atoms with Crippen molar-refractivity contribution >= 4 is 0 Å². The van der Waals surface area contributed by atoms with E-state index in [2.05, 4.69) is 11.1 Å². The van der Waals surface area contributed by atoms with Crippen molar-refractivity contribution < 1.29 is 5.11 Å². The topological polar surface area (TPSA) is 33.1 Å². The van der Waals surface area contributed by atoms with Crippen LogP contribution in [-0.2, 0) is 6.42 Å². The van der Waals surface area contributed by atoms with E-state index >= 15 is 0 Å². The van der Waals surface area contributed by atoms with Gasteiger partial charge in [0.2, 0.25) is 0 Å². The minimum absolute atomic E-state index is 0.348. The van der Waals surface area contributed by atoms with Gasteiger partial charge in [0, 0.05) is 19.0 Å². The average Bonchev–Trinajstić information content (AvgIpc) is 2.34. The van der Waals surface area contributed by atoms with Crippen LogP contribution in [0.1, 0.15) is 50.5 Å². The number of rotatable bonds is 9. The minimum Gasteiger partial charge on any atom is -0.396 e. The molecular weight excluding hydrogens is 198 g/mol. The van der Waals surface area contributed by atoms with Crippen molar-refractivity contribution in [3.05, 3.63) is 30.1 Å². The van der Waals surface area contributed by atoms with Gasteiger partial charge < -0.3 is 5.11 Å². The monoisotopic (exact) mass is 221 g/mol. The van der Waals surface area contributed by atoms with Crippen LogP contribution in [-0.4, -0.2) is 16.7 Å². The summed E-state index contributed by atoms with van der Waals surface area (Å²) in [5, 5.41) is 8.63. The number of aliphatic hydroxyl groups is 1. The Balaban J connectivity index is 1.89. The van der Waals surface area contributed by atoms with Crippen LogP contribution >= 0.6 is 0 Å². The first-order valence-corrected chi connectivity index (χ1v) is 6.43. The molecule has 1 aromatic rings. The van der Waals surface area contributed by atoms with Crippen LogP contribution in [0.25, 0.3) is 0 Å². The molecule has 2 heteroatoms. The SMILES string of the molecule is OCCCCCCCCCc1cccnc1. The van der Waals surface area contributed by atoms with Crippen molar-refractivity contribution in [2.24, 2.45) is 0 Å². The van der Waals surface area contributed by atoms with E-state index < -0.39 is 0 Å². The molecule has 0 aromatic carbocycles. The number of aryl methyl sites for hydroxylation is 1. The minimum atomic E-state index is 0.348. The molecule has 2 nitrogen and oxygen atoms in total. The first kappa shape index (κ1) is 13.2. The zero-order valence-electron chi connectivity index (χ0n) is 10.1. The summed E-state index contributed by atoms with van der Waals surface area (Å²) in [4.78, 5) is 4.11. The highest BCUT2D eigenvalue weighted by Gasteiger charge is 1.94. The predicted molar refractivity (Wildman–Crippen MR) is 67.3 cm³/mol. The molecule has 0 amide bonds. The highest BCUT2D eigenvalue weighted by molar-refractivity contribution is 5.08. The van der Waals surface area contributed by atoms with Crippen LogP contribution in [0.4, 0.5) is 0 Å². The third kappa shape index (κ3) is 6.57. The summed E-state index contributed by atoms with van der Waals surface area (Å²) in [5.41, 5.74) is 1.35. The van der Waals surface area contributed by atoms with Crippen LogP contribution in [0.3, 0.4) is 0 Å². The lowest BCUT2D eigenvalue weighted by Crippen LogP contribution is -1.87. The Kier molecular flexibility index (Phi) is 7.70. The van der Waals surface area contributed by atoms with Crippen LogP contribution in [0.5, 0.6) is 0 Å². The number of nitrogens with zero attached hydrogens (tertiary/aromatic N) is 1. The van der Waals surface area contributed by atoms with Crippen molar-refractivity contribution in [3.8, 4) is 0 Å². The summed E-state index contributed by atoms with van der Waals surface area (Å²) >= 11 is 0. The molecule has 90 valence electrons. The predicted octanol–water partition coefficient (Wildman–Crippen LogP) is 3.35. The van der Waals surface area contributed by atoms with E-state index in [0.717, 1.165) is 12.8 Å². The standard InChI is InChI=1S/C14H23NO/c16-12-7-5-3-1-2-4-6-9-14-10-8-11-15-13-14/h8,10-11,13,16H,1-7,9,12H2. The van der Waals surface area contributed by atoms with E-state index in [-0.39, 0.29) is 0 Å². The number of hydrogen-bond donors (Lipinski definition) is 1. The molecule has 0 radical (unpaired) electrons. The smallest absolute Gasteiger partial charge is 0.0431 e. The van der Waals surface area contributed by atoms with Crippen LogP contribution in [0.15, 0.2) is 24.5 Å². The number of aromatic nitrogens is 1. The van der Waals surface area contributed by atoms with E-state index in [1.54, 1.807) is 0 Å². The lowest BCUT2D eigenvalue weighted by molar-refractivity contribution is 0.282. The molecule has 0 aliphatic heterocycles. The lowest BCUT2D eigenvalue weighted by atomic mass is 10.1. The molecule has 0 aliphatic rings. The Labute approximate surface area is 98.7 Å². The maximum absolute atomic E-state index is 8.63. The van der Waals surface area contributed by atoms with Gasteiger partial charge in [0.05, 0.1) is 0 Å². The first-order chi connectivity index (χ1) is 7.93. The Morgan fingerprint density at radius 1 is 0.938 bits per heavy atom. The van der Waals surface area contributed by atoms with Gasteiger partial charge in [0.1, 0.15) is 0 Å². The third-order valence-electron chi connectivity index (χ3n) is 2.85. The third-order valence-corrected chi connectivity index (χ3v) is 2.85. The molecule has 0 fully saturated rings. The summed E-state index contributed by atoms with van der Waals surface area (Å²) in [6, 6.07) is 4.15. The molecule has 0 saturated carbocycles. The lowest BCUT2D eigenvalue weighted by Gasteiger charge is -2.01. The molecule has 0 aliphatic carbocycles. The normalized spacial score (nSPS) is 10.6. The van der Waals surface area contributed by atoms with Crippen LogP contribution in [0.2, 0.25) is 0 Å². The largest absolute Gasteiger partial charge is 0.396 e. The van der Waals surface area contributed by atoms with Crippen molar-refractivity contribution in [3.63, 3.8) is 0 Å². The van der Waals surface area contributed by atoms with Crippen molar-refractivity contribution in [1.82, 2.24) is 4.98 Å². The van der Waals surface area contributed by atoms with E-state index in [9.17, 15) is 0 Å². The van der Waals surface area contributed by atoms with Gasteiger partial charge in [-0.3, -0.25) is 4.98 Å². The van der Waals surface area contributed by atoms with E-state index in [0.29, 0.717) is 6.61 Å². The molecule has 1 heterocycles. The van der Waals surface area contributed by atoms with Gasteiger partial charge in [-0.05, 0) is 30.9 Å². The number of hydrogen-bond acceptors (Lipinski definition) is 2. The molecule has 1 rings (SSSR count). The van der Waals surface area contributed by atoms with Crippen molar-refractivity contribution in [2.75, 3.05) is 6.61 Å². The second-order valence-corrected chi connectivity index (χ2v) is 4.31.